The summed E-state index contributed by atoms with van der Waals surface area (Å²) in [6.45, 7) is 7.62. The molecule has 0 aliphatic carbocycles. The third-order valence-corrected chi connectivity index (χ3v) is 6.89. The van der Waals surface area contributed by atoms with E-state index in [1.807, 2.05) is 54.3 Å². The molecule has 2 amide bonds. The smallest absolute Gasteiger partial charge is 0.321 e. The fourth-order valence-corrected chi connectivity index (χ4v) is 4.73. The molecule has 6 heteroatoms. The van der Waals surface area contributed by atoms with Crippen molar-refractivity contribution < 1.29 is 14.7 Å². The number of carboxylic acids is 1. The molecule has 0 saturated heterocycles. The highest BCUT2D eigenvalue weighted by molar-refractivity contribution is 7.99. The summed E-state index contributed by atoms with van der Waals surface area (Å²) in [4.78, 5) is 28.3. The fourth-order valence-electron chi connectivity index (χ4n) is 3.86. The van der Waals surface area contributed by atoms with Crippen molar-refractivity contribution in [2.75, 3.05) is 18.0 Å². The summed E-state index contributed by atoms with van der Waals surface area (Å²) in [7, 11) is 0. The first-order chi connectivity index (χ1) is 16.5. The van der Waals surface area contributed by atoms with Crippen molar-refractivity contribution in [3.05, 3.63) is 54.1 Å². The monoisotopic (exact) mass is 484 g/mol. The lowest BCUT2D eigenvalue weighted by molar-refractivity contribution is -0.138. The van der Waals surface area contributed by atoms with Gasteiger partial charge >= 0.3 is 12.0 Å². The van der Waals surface area contributed by atoms with Gasteiger partial charge in [-0.15, -0.1) is 0 Å². The third-order valence-electron chi connectivity index (χ3n) is 5.89. The number of nitrogens with one attached hydrogen (secondary N) is 1. The number of anilines is 1. The number of carboxylic acid groups (broad SMARTS) is 1. The first kappa shape index (κ1) is 27.8. The van der Waals surface area contributed by atoms with Crippen LogP contribution >= 0.6 is 11.8 Å². The Balaban J connectivity index is 2.12. The first-order valence-electron chi connectivity index (χ1n) is 12.7. The van der Waals surface area contributed by atoms with Gasteiger partial charge in [0.05, 0.1) is 5.92 Å². The fraction of sp³-hybridized carbons (Fsp3) is 0.500. The van der Waals surface area contributed by atoms with Crippen LogP contribution < -0.4 is 10.2 Å². The Morgan fingerprint density at radius 2 is 1.62 bits per heavy atom. The van der Waals surface area contributed by atoms with E-state index in [-0.39, 0.29) is 6.03 Å². The molecular weight excluding hydrogens is 444 g/mol. The second kappa shape index (κ2) is 15.4. The van der Waals surface area contributed by atoms with Crippen LogP contribution in [0.1, 0.15) is 83.6 Å². The maximum atomic E-state index is 13.0. The topological polar surface area (TPSA) is 69.6 Å². The summed E-state index contributed by atoms with van der Waals surface area (Å²) in [5, 5.41) is 12.5. The van der Waals surface area contributed by atoms with E-state index in [1.165, 1.54) is 19.3 Å². The van der Waals surface area contributed by atoms with E-state index >= 15 is 0 Å². The van der Waals surface area contributed by atoms with E-state index < -0.39 is 11.9 Å². The van der Waals surface area contributed by atoms with Crippen LogP contribution in [0.4, 0.5) is 10.5 Å². The van der Waals surface area contributed by atoms with Crippen LogP contribution in [0.2, 0.25) is 0 Å². The third kappa shape index (κ3) is 9.05. The Bertz CT molecular complexity index is 885. The van der Waals surface area contributed by atoms with Crippen LogP contribution in [0, 0.1) is 0 Å². The highest BCUT2D eigenvalue weighted by Gasteiger charge is 2.18. The summed E-state index contributed by atoms with van der Waals surface area (Å²) in [6.07, 6.45) is 8.35. The number of hydrogen-bond acceptors (Lipinski definition) is 3. The normalized spacial score (nSPS) is 11.7. The van der Waals surface area contributed by atoms with Crippen molar-refractivity contribution >= 4 is 29.4 Å². The van der Waals surface area contributed by atoms with Crippen molar-refractivity contribution in [2.45, 2.75) is 87.8 Å². The van der Waals surface area contributed by atoms with E-state index in [0.29, 0.717) is 19.5 Å². The van der Waals surface area contributed by atoms with Crippen molar-refractivity contribution in [2.24, 2.45) is 0 Å². The molecular formula is C28H40N2O3S. The molecule has 2 aromatic carbocycles. The van der Waals surface area contributed by atoms with Gasteiger partial charge in [-0.3, -0.25) is 9.69 Å². The zero-order valence-electron chi connectivity index (χ0n) is 20.9. The Morgan fingerprint density at radius 3 is 2.26 bits per heavy atom. The number of amides is 2. The molecule has 0 fully saturated rings. The number of rotatable bonds is 15. The van der Waals surface area contributed by atoms with Gasteiger partial charge in [0.15, 0.2) is 0 Å². The second-order valence-corrected chi connectivity index (χ2v) is 9.77. The van der Waals surface area contributed by atoms with Crippen LogP contribution in [0.15, 0.2) is 58.3 Å². The Hall–Kier alpha value is -2.47. The molecule has 1 unspecified atom stereocenters. The lowest BCUT2D eigenvalue weighted by atomic mass is 9.97. The quantitative estimate of drug-likeness (QED) is 0.254. The number of hydrogen-bond donors (Lipinski definition) is 2. The minimum Gasteiger partial charge on any atom is -0.481 e. The van der Waals surface area contributed by atoms with Crippen molar-refractivity contribution in [1.29, 1.82) is 0 Å². The van der Waals surface area contributed by atoms with Gasteiger partial charge in [0.25, 0.3) is 0 Å². The number of nitrogens with zero attached hydrogens (tertiary/aromatic N) is 1. The van der Waals surface area contributed by atoms with Crippen LogP contribution in [-0.4, -0.2) is 30.2 Å². The molecule has 0 heterocycles. The second-order valence-electron chi connectivity index (χ2n) is 8.62. The van der Waals surface area contributed by atoms with E-state index in [2.05, 4.69) is 25.2 Å². The van der Waals surface area contributed by atoms with Gasteiger partial charge in [-0.1, -0.05) is 82.8 Å². The van der Waals surface area contributed by atoms with Gasteiger partial charge in [0, 0.05) is 28.6 Å². The molecule has 2 N–H and O–H groups in total. The molecule has 2 rings (SSSR count). The van der Waals surface area contributed by atoms with Gasteiger partial charge in [-0.05, 0) is 55.2 Å². The minimum absolute atomic E-state index is 0.0327. The number of carbonyl (C=O) groups excluding carboxylic acids is 1. The number of aliphatic carboxylic acids is 1. The van der Waals surface area contributed by atoms with Crippen LogP contribution in [-0.2, 0) is 4.79 Å². The molecule has 0 aliphatic rings. The van der Waals surface area contributed by atoms with E-state index in [4.69, 9.17) is 0 Å². The van der Waals surface area contributed by atoms with Crippen LogP contribution in [0.3, 0.4) is 0 Å². The van der Waals surface area contributed by atoms with Gasteiger partial charge < -0.3 is 10.4 Å². The lowest BCUT2D eigenvalue weighted by Gasteiger charge is -2.24. The Labute approximate surface area is 209 Å². The van der Waals surface area contributed by atoms with Gasteiger partial charge in [-0.25, -0.2) is 4.79 Å². The van der Waals surface area contributed by atoms with E-state index in [1.54, 1.807) is 11.8 Å². The van der Waals surface area contributed by atoms with E-state index in [9.17, 15) is 14.7 Å². The molecule has 186 valence electrons. The average molecular weight is 485 g/mol. The molecule has 34 heavy (non-hydrogen) atoms. The molecule has 0 saturated carbocycles. The summed E-state index contributed by atoms with van der Waals surface area (Å²) in [5.41, 5.74) is 1.73. The zero-order valence-corrected chi connectivity index (χ0v) is 21.7. The molecule has 0 bridgehead atoms. The minimum atomic E-state index is -0.789. The number of unbranched alkanes of at least 4 members (excludes halogenated alkanes) is 5. The van der Waals surface area contributed by atoms with Crippen molar-refractivity contribution in [3.63, 3.8) is 0 Å². The average Bonchev–Trinajstić information content (AvgIpc) is 2.83. The predicted molar refractivity (Wildman–Crippen MR) is 142 cm³/mol. The van der Waals surface area contributed by atoms with Crippen LogP contribution in [0.5, 0.6) is 0 Å². The standard InChI is InChI=1S/C28H40N2O3S/c1-4-7-9-10-11-20-30(28(33)29-19-8-5-2)23-13-12-14-25(21-23)34-24-17-15-22(16-18-24)26(6-3)27(31)32/h12-18,21,26H,4-11,19-20H2,1-3H3,(H,29,33)(H,31,32). The molecule has 0 radical (unpaired) electrons. The van der Waals surface area contributed by atoms with Crippen molar-refractivity contribution in [3.8, 4) is 0 Å². The zero-order chi connectivity index (χ0) is 24.8. The highest BCUT2D eigenvalue weighted by Crippen LogP contribution is 2.32. The maximum Gasteiger partial charge on any atom is 0.321 e. The van der Waals surface area contributed by atoms with E-state index in [0.717, 1.165) is 46.7 Å². The van der Waals surface area contributed by atoms with Crippen LogP contribution in [0.25, 0.3) is 0 Å². The highest BCUT2D eigenvalue weighted by atomic mass is 32.2. The van der Waals surface area contributed by atoms with Gasteiger partial charge in [0.2, 0.25) is 0 Å². The summed E-state index contributed by atoms with van der Waals surface area (Å²) < 4.78 is 0. The number of carbonyl (C=O) groups is 2. The maximum absolute atomic E-state index is 13.0. The lowest BCUT2D eigenvalue weighted by Crippen LogP contribution is -2.41. The van der Waals surface area contributed by atoms with Gasteiger partial charge in [0.1, 0.15) is 0 Å². The number of urea groups is 1. The number of benzene rings is 2. The molecule has 1 atom stereocenters. The van der Waals surface area contributed by atoms with Crippen molar-refractivity contribution in [1.82, 2.24) is 5.32 Å². The first-order valence-corrected chi connectivity index (χ1v) is 13.5. The summed E-state index contributed by atoms with van der Waals surface area (Å²) in [5.74, 6) is -1.26. The molecule has 2 aromatic rings. The summed E-state index contributed by atoms with van der Waals surface area (Å²) >= 11 is 1.62. The summed E-state index contributed by atoms with van der Waals surface area (Å²) in [6, 6.07) is 15.8. The molecule has 0 aliphatic heterocycles. The molecule has 0 spiro atoms. The predicted octanol–water partition coefficient (Wildman–Crippen LogP) is 7.70. The molecule has 0 aromatic heterocycles. The SMILES string of the molecule is CCCCCCCN(C(=O)NCCCC)c1cccc(Sc2ccc(C(CC)C(=O)O)cc2)c1. The molecule has 5 nitrogen and oxygen atoms in total. The Kier molecular flexibility index (Phi) is 12.6. The van der Waals surface area contributed by atoms with Gasteiger partial charge in [-0.2, -0.15) is 0 Å². The largest absolute Gasteiger partial charge is 0.481 e. The Morgan fingerprint density at radius 1 is 0.912 bits per heavy atom.